The van der Waals surface area contributed by atoms with Gasteiger partial charge in [0.15, 0.2) is 0 Å². The van der Waals surface area contributed by atoms with E-state index in [0.29, 0.717) is 0 Å². The first-order valence-electron chi connectivity index (χ1n) is 9.21. The van der Waals surface area contributed by atoms with Gasteiger partial charge in [-0.25, -0.2) is 0 Å². The van der Waals surface area contributed by atoms with E-state index >= 15 is 0 Å². The highest BCUT2D eigenvalue weighted by Crippen LogP contribution is 2.16. The van der Waals surface area contributed by atoms with E-state index in [9.17, 15) is 0 Å². The summed E-state index contributed by atoms with van der Waals surface area (Å²) < 4.78 is 23.4. The monoisotopic (exact) mass is 365 g/mol. The summed E-state index contributed by atoms with van der Waals surface area (Å²) in [5, 5.41) is 3.52. The maximum absolute atomic E-state index is 5.86. The number of hydrogen-bond acceptors (Lipinski definition) is 5. The van der Waals surface area contributed by atoms with E-state index in [0.717, 1.165) is 64.4 Å². The molecule has 140 valence electrons. The van der Waals surface area contributed by atoms with Gasteiger partial charge in [0.1, 0.15) is 0 Å². The van der Waals surface area contributed by atoms with Crippen molar-refractivity contribution in [1.29, 1.82) is 0 Å². The first-order chi connectivity index (χ1) is 10.9. The number of hydrogen-bond donors (Lipinski definition) is 1. The molecule has 0 fully saturated rings. The minimum atomic E-state index is -1.94. The maximum Gasteiger partial charge on any atom is 0.334 e. The van der Waals surface area contributed by atoms with Crippen LogP contribution in [0, 0.1) is 0 Å². The minimum Gasteiger partial charge on any atom is -0.395 e. The van der Waals surface area contributed by atoms with Gasteiger partial charge >= 0.3 is 17.1 Å². The molecular weight excluding hydrogens is 326 g/mol. The lowest BCUT2D eigenvalue weighted by atomic mass is 10.4. The largest absolute Gasteiger partial charge is 0.395 e. The van der Waals surface area contributed by atoms with E-state index in [2.05, 4.69) is 18.4 Å². The Morgan fingerprint density at radius 2 is 0.913 bits per heavy atom. The normalized spacial score (nSPS) is 12.8. The lowest BCUT2D eigenvalue weighted by Crippen LogP contribution is -2.40. The Balaban J connectivity index is 3.83. The Kier molecular flexibility index (Phi) is 13.7. The number of rotatable bonds is 16. The molecule has 5 nitrogen and oxygen atoms in total. The summed E-state index contributed by atoms with van der Waals surface area (Å²) in [6, 6.07) is 2.10. The van der Waals surface area contributed by atoms with Gasteiger partial charge in [-0.2, -0.15) is 0 Å². The summed E-state index contributed by atoms with van der Waals surface area (Å²) in [6.45, 7) is 17.5. The van der Waals surface area contributed by atoms with Crippen molar-refractivity contribution in [2.45, 2.75) is 65.7 Å². The molecule has 0 saturated heterocycles. The molecule has 7 heteroatoms. The maximum atomic E-state index is 5.86. The van der Waals surface area contributed by atoms with Gasteiger partial charge < -0.3 is 23.0 Å². The van der Waals surface area contributed by atoms with Crippen LogP contribution in [0.3, 0.4) is 0 Å². The second-order valence-electron chi connectivity index (χ2n) is 5.96. The first-order valence-corrected chi connectivity index (χ1v) is 14.3. The van der Waals surface area contributed by atoms with Crippen molar-refractivity contribution >= 4 is 17.1 Å². The summed E-state index contributed by atoms with van der Waals surface area (Å²) in [5.41, 5.74) is 0. The van der Waals surface area contributed by atoms with E-state index in [-0.39, 0.29) is 0 Å². The van der Waals surface area contributed by atoms with Crippen molar-refractivity contribution in [1.82, 2.24) is 5.32 Å². The lowest BCUT2D eigenvalue weighted by Gasteiger charge is -2.26. The minimum absolute atomic E-state index is 0.744. The van der Waals surface area contributed by atoms with Crippen molar-refractivity contribution in [2.75, 3.05) is 39.5 Å². The van der Waals surface area contributed by atoms with Gasteiger partial charge in [-0.3, -0.25) is 0 Å². The number of nitrogens with one attached hydrogen (secondary N) is 1. The highest BCUT2D eigenvalue weighted by atomic mass is 28.4. The molecule has 0 amide bonds. The Bertz CT molecular complexity index is 245. The molecule has 1 N–H and O–H groups in total. The van der Waals surface area contributed by atoms with Crippen molar-refractivity contribution in [2.24, 2.45) is 0 Å². The molecule has 0 aromatic carbocycles. The van der Waals surface area contributed by atoms with Crippen LogP contribution < -0.4 is 5.32 Å². The first kappa shape index (κ1) is 23.2. The van der Waals surface area contributed by atoms with Crippen LogP contribution in [-0.2, 0) is 17.7 Å². The summed E-state index contributed by atoms with van der Waals surface area (Å²) in [5.74, 6) is 0. The predicted molar refractivity (Wildman–Crippen MR) is 101 cm³/mol. The molecular formula is C16H39NO4Si2. The highest BCUT2D eigenvalue weighted by molar-refractivity contribution is 6.66. The Labute approximate surface area is 145 Å². The molecule has 0 bridgehead atoms. The third-order valence-corrected chi connectivity index (χ3v) is 9.89. The standard InChI is InChI=1S/C16H39NO4Si2/c1-7-18-22(5,19-8-2)15-11-13-17-14-12-16-23(6,20-9-3)21-10-4/h17H,7-16H2,1-6H3. The fraction of sp³-hybridized carbons (Fsp3) is 1.00. The molecule has 0 aliphatic carbocycles. The molecule has 0 atom stereocenters. The second kappa shape index (κ2) is 13.5. The van der Waals surface area contributed by atoms with E-state index in [1.54, 1.807) is 0 Å². The van der Waals surface area contributed by atoms with Gasteiger partial charge in [0, 0.05) is 26.4 Å². The van der Waals surface area contributed by atoms with Crippen LogP contribution in [0.15, 0.2) is 0 Å². The van der Waals surface area contributed by atoms with Crippen LogP contribution in [0.4, 0.5) is 0 Å². The van der Waals surface area contributed by atoms with E-state index < -0.39 is 17.1 Å². The molecule has 0 aliphatic rings. The molecule has 0 radical (unpaired) electrons. The van der Waals surface area contributed by atoms with Crippen LogP contribution in [0.25, 0.3) is 0 Å². The van der Waals surface area contributed by atoms with Crippen molar-refractivity contribution in [3.05, 3.63) is 0 Å². The van der Waals surface area contributed by atoms with Gasteiger partial charge in [-0.05, 0) is 78.8 Å². The molecule has 0 aromatic heterocycles. The second-order valence-corrected chi connectivity index (χ2v) is 12.6. The van der Waals surface area contributed by atoms with Crippen LogP contribution in [0.1, 0.15) is 40.5 Å². The lowest BCUT2D eigenvalue weighted by molar-refractivity contribution is 0.188. The van der Waals surface area contributed by atoms with E-state index in [4.69, 9.17) is 17.7 Å². The third kappa shape index (κ3) is 11.4. The molecule has 0 spiro atoms. The Hall–Kier alpha value is 0.234. The average Bonchev–Trinajstić information content (AvgIpc) is 2.47. The quantitative estimate of drug-likeness (QED) is 0.334. The zero-order chi connectivity index (χ0) is 17.6. The molecule has 0 saturated carbocycles. The molecule has 0 aliphatic heterocycles. The fourth-order valence-electron chi connectivity index (χ4n) is 2.79. The average molecular weight is 366 g/mol. The van der Waals surface area contributed by atoms with Gasteiger partial charge in [0.2, 0.25) is 0 Å². The SMILES string of the molecule is CCO[Si](C)(CCCNCCC[Si](C)(OCC)OCC)OCC. The summed E-state index contributed by atoms with van der Waals surface area (Å²) in [7, 11) is -3.88. The van der Waals surface area contributed by atoms with Crippen molar-refractivity contribution < 1.29 is 17.7 Å². The zero-order valence-electron chi connectivity index (χ0n) is 16.2. The van der Waals surface area contributed by atoms with Crippen LogP contribution in [0.2, 0.25) is 25.2 Å². The zero-order valence-corrected chi connectivity index (χ0v) is 18.2. The third-order valence-electron chi connectivity index (χ3n) is 3.77. The van der Waals surface area contributed by atoms with E-state index in [1.807, 2.05) is 27.7 Å². The molecule has 23 heavy (non-hydrogen) atoms. The molecule has 0 aromatic rings. The van der Waals surface area contributed by atoms with Crippen LogP contribution in [0.5, 0.6) is 0 Å². The summed E-state index contributed by atoms with van der Waals surface area (Å²) in [4.78, 5) is 0. The smallest absolute Gasteiger partial charge is 0.334 e. The van der Waals surface area contributed by atoms with Gasteiger partial charge in [-0.1, -0.05) is 0 Å². The summed E-state index contributed by atoms with van der Waals surface area (Å²) in [6.07, 6.45) is 2.21. The van der Waals surface area contributed by atoms with Crippen molar-refractivity contribution in [3.63, 3.8) is 0 Å². The molecule has 0 rings (SSSR count). The van der Waals surface area contributed by atoms with E-state index in [1.165, 1.54) is 0 Å². The molecule has 0 unspecified atom stereocenters. The molecule has 0 heterocycles. The van der Waals surface area contributed by atoms with Gasteiger partial charge in [-0.15, -0.1) is 0 Å². The highest BCUT2D eigenvalue weighted by Gasteiger charge is 2.30. The Morgan fingerprint density at radius 1 is 0.609 bits per heavy atom. The fourth-order valence-corrected chi connectivity index (χ4v) is 7.61. The predicted octanol–water partition coefficient (Wildman–Crippen LogP) is 3.65. The van der Waals surface area contributed by atoms with Crippen LogP contribution >= 0.6 is 0 Å². The van der Waals surface area contributed by atoms with Gasteiger partial charge in [0.25, 0.3) is 0 Å². The topological polar surface area (TPSA) is 49.0 Å². The van der Waals surface area contributed by atoms with Crippen molar-refractivity contribution in [3.8, 4) is 0 Å². The van der Waals surface area contributed by atoms with Crippen LogP contribution in [-0.4, -0.2) is 56.6 Å². The summed E-state index contributed by atoms with van der Waals surface area (Å²) >= 11 is 0. The Morgan fingerprint density at radius 3 is 1.17 bits per heavy atom. The van der Waals surface area contributed by atoms with Gasteiger partial charge in [0.05, 0.1) is 0 Å².